The molecule has 1 fully saturated rings. The monoisotopic (exact) mass is 180 g/mol. The minimum Gasteiger partial charge on any atom is -0.312 e. The Morgan fingerprint density at radius 1 is 1.38 bits per heavy atom. The molecule has 0 atom stereocenters. The summed E-state index contributed by atoms with van der Waals surface area (Å²) in [5, 5.41) is 7.58. The SMILES string of the molecule is c1ncn(CCNC2CCCC2)n1. The van der Waals surface area contributed by atoms with Crippen LogP contribution in [0.2, 0.25) is 0 Å². The van der Waals surface area contributed by atoms with Gasteiger partial charge < -0.3 is 5.32 Å². The van der Waals surface area contributed by atoms with E-state index in [1.165, 1.54) is 25.7 Å². The number of aromatic nitrogens is 3. The van der Waals surface area contributed by atoms with E-state index < -0.39 is 0 Å². The second-order valence-electron chi connectivity index (χ2n) is 3.59. The van der Waals surface area contributed by atoms with Gasteiger partial charge in [-0.3, -0.25) is 4.68 Å². The summed E-state index contributed by atoms with van der Waals surface area (Å²) in [6.45, 7) is 1.94. The zero-order valence-corrected chi connectivity index (χ0v) is 7.82. The number of rotatable bonds is 4. The maximum Gasteiger partial charge on any atom is 0.137 e. The zero-order chi connectivity index (χ0) is 8.93. The number of nitrogens with zero attached hydrogens (tertiary/aromatic N) is 3. The van der Waals surface area contributed by atoms with Crippen molar-refractivity contribution in [3.63, 3.8) is 0 Å². The van der Waals surface area contributed by atoms with Gasteiger partial charge in [-0.1, -0.05) is 12.8 Å². The highest BCUT2D eigenvalue weighted by atomic mass is 15.3. The van der Waals surface area contributed by atoms with Gasteiger partial charge >= 0.3 is 0 Å². The van der Waals surface area contributed by atoms with Gasteiger partial charge in [0.1, 0.15) is 12.7 Å². The normalized spacial score (nSPS) is 18.2. The zero-order valence-electron chi connectivity index (χ0n) is 7.82. The molecule has 13 heavy (non-hydrogen) atoms. The highest BCUT2D eigenvalue weighted by molar-refractivity contribution is 4.73. The molecule has 1 heterocycles. The van der Waals surface area contributed by atoms with Gasteiger partial charge in [-0.05, 0) is 12.8 Å². The average Bonchev–Trinajstić information content (AvgIpc) is 2.75. The molecule has 0 saturated heterocycles. The van der Waals surface area contributed by atoms with E-state index >= 15 is 0 Å². The largest absolute Gasteiger partial charge is 0.312 e. The molecule has 0 aromatic carbocycles. The van der Waals surface area contributed by atoms with Crippen molar-refractivity contribution >= 4 is 0 Å². The van der Waals surface area contributed by atoms with Crippen molar-refractivity contribution in [2.45, 2.75) is 38.3 Å². The van der Waals surface area contributed by atoms with Crippen molar-refractivity contribution in [3.8, 4) is 0 Å². The van der Waals surface area contributed by atoms with Gasteiger partial charge in [0, 0.05) is 12.6 Å². The van der Waals surface area contributed by atoms with Gasteiger partial charge in [-0.2, -0.15) is 5.10 Å². The maximum absolute atomic E-state index is 4.05. The van der Waals surface area contributed by atoms with E-state index in [9.17, 15) is 0 Å². The third-order valence-corrected chi connectivity index (χ3v) is 2.60. The smallest absolute Gasteiger partial charge is 0.137 e. The quantitative estimate of drug-likeness (QED) is 0.745. The highest BCUT2D eigenvalue weighted by Gasteiger charge is 2.13. The molecular formula is C9H16N4. The first-order chi connectivity index (χ1) is 6.45. The van der Waals surface area contributed by atoms with E-state index in [0.717, 1.165) is 19.1 Å². The number of hydrogen-bond acceptors (Lipinski definition) is 3. The van der Waals surface area contributed by atoms with Gasteiger partial charge in [0.05, 0.1) is 6.54 Å². The molecule has 4 nitrogen and oxygen atoms in total. The third-order valence-electron chi connectivity index (χ3n) is 2.60. The lowest BCUT2D eigenvalue weighted by Gasteiger charge is -2.10. The van der Waals surface area contributed by atoms with Crippen molar-refractivity contribution in [2.75, 3.05) is 6.54 Å². The summed E-state index contributed by atoms with van der Waals surface area (Å²) < 4.78 is 1.86. The van der Waals surface area contributed by atoms with E-state index in [1.54, 1.807) is 12.7 Å². The Morgan fingerprint density at radius 2 is 2.23 bits per heavy atom. The van der Waals surface area contributed by atoms with E-state index in [2.05, 4.69) is 15.4 Å². The summed E-state index contributed by atoms with van der Waals surface area (Å²) in [6, 6.07) is 0.753. The molecule has 0 radical (unpaired) electrons. The number of nitrogens with one attached hydrogen (secondary N) is 1. The molecule has 1 aromatic rings. The molecule has 0 amide bonds. The van der Waals surface area contributed by atoms with Crippen molar-refractivity contribution in [2.24, 2.45) is 0 Å². The fourth-order valence-electron chi connectivity index (χ4n) is 1.86. The van der Waals surface area contributed by atoms with E-state index in [1.807, 2.05) is 4.68 Å². The van der Waals surface area contributed by atoms with Crippen LogP contribution in [0.3, 0.4) is 0 Å². The Bertz CT molecular complexity index is 226. The minimum atomic E-state index is 0.753. The van der Waals surface area contributed by atoms with Crippen LogP contribution in [0.25, 0.3) is 0 Å². The fourth-order valence-corrected chi connectivity index (χ4v) is 1.86. The fraction of sp³-hybridized carbons (Fsp3) is 0.778. The standard InChI is InChI=1S/C9H16N4/c1-2-4-9(3-1)11-5-6-13-8-10-7-12-13/h7-9,11H,1-6H2. The van der Waals surface area contributed by atoms with Crippen LogP contribution >= 0.6 is 0 Å². The van der Waals surface area contributed by atoms with E-state index in [-0.39, 0.29) is 0 Å². The van der Waals surface area contributed by atoms with Crippen LogP contribution < -0.4 is 5.32 Å². The third kappa shape index (κ3) is 2.52. The Kier molecular flexibility index (Phi) is 2.92. The summed E-state index contributed by atoms with van der Waals surface area (Å²) in [7, 11) is 0. The van der Waals surface area contributed by atoms with Crippen molar-refractivity contribution in [1.82, 2.24) is 20.1 Å². The van der Waals surface area contributed by atoms with Gasteiger partial charge in [-0.25, -0.2) is 4.98 Å². The van der Waals surface area contributed by atoms with Gasteiger partial charge in [0.25, 0.3) is 0 Å². The molecule has 0 spiro atoms. The molecule has 1 aromatic heterocycles. The minimum absolute atomic E-state index is 0.753. The Morgan fingerprint density at radius 3 is 2.92 bits per heavy atom. The molecule has 1 saturated carbocycles. The van der Waals surface area contributed by atoms with Crippen molar-refractivity contribution in [1.29, 1.82) is 0 Å². The molecule has 72 valence electrons. The molecule has 1 N–H and O–H groups in total. The predicted octanol–water partition coefficient (Wildman–Crippen LogP) is 0.810. The summed E-state index contributed by atoms with van der Waals surface area (Å²) in [6.07, 6.45) is 8.81. The number of hydrogen-bond donors (Lipinski definition) is 1. The second kappa shape index (κ2) is 4.37. The van der Waals surface area contributed by atoms with Crippen LogP contribution in [-0.4, -0.2) is 27.4 Å². The topological polar surface area (TPSA) is 42.7 Å². The average molecular weight is 180 g/mol. The lowest BCUT2D eigenvalue weighted by molar-refractivity contribution is 0.480. The predicted molar refractivity (Wildman–Crippen MR) is 50.3 cm³/mol. The summed E-state index contributed by atoms with van der Waals surface area (Å²) in [4.78, 5) is 3.90. The first kappa shape index (κ1) is 8.69. The lowest BCUT2D eigenvalue weighted by Crippen LogP contribution is -2.29. The molecule has 0 aliphatic heterocycles. The van der Waals surface area contributed by atoms with Crippen LogP contribution in [-0.2, 0) is 6.54 Å². The summed E-state index contributed by atoms with van der Waals surface area (Å²) >= 11 is 0. The molecule has 1 aliphatic rings. The molecule has 2 rings (SSSR count). The maximum atomic E-state index is 4.05. The van der Waals surface area contributed by atoms with Gasteiger partial charge in [0.2, 0.25) is 0 Å². The first-order valence-electron chi connectivity index (χ1n) is 5.01. The Balaban J connectivity index is 1.63. The van der Waals surface area contributed by atoms with Crippen LogP contribution in [0.4, 0.5) is 0 Å². The first-order valence-corrected chi connectivity index (χ1v) is 5.01. The second-order valence-corrected chi connectivity index (χ2v) is 3.59. The van der Waals surface area contributed by atoms with E-state index in [4.69, 9.17) is 0 Å². The van der Waals surface area contributed by atoms with E-state index in [0.29, 0.717) is 0 Å². The van der Waals surface area contributed by atoms with Crippen LogP contribution in [0.1, 0.15) is 25.7 Å². The molecular weight excluding hydrogens is 164 g/mol. The van der Waals surface area contributed by atoms with Crippen molar-refractivity contribution < 1.29 is 0 Å². The van der Waals surface area contributed by atoms with Crippen LogP contribution in [0.5, 0.6) is 0 Å². The Hall–Kier alpha value is -0.900. The Labute approximate surface area is 78.4 Å². The molecule has 1 aliphatic carbocycles. The molecule has 0 bridgehead atoms. The highest BCUT2D eigenvalue weighted by Crippen LogP contribution is 2.17. The van der Waals surface area contributed by atoms with Gasteiger partial charge in [0.15, 0.2) is 0 Å². The summed E-state index contributed by atoms with van der Waals surface area (Å²) in [5.41, 5.74) is 0. The van der Waals surface area contributed by atoms with Gasteiger partial charge in [-0.15, -0.1) is 0 Å². The lowest BCUT2D eigenvalue weighted by atomic mass is 10.2. The molecule has 4 heteroatoms. The molecule has 0 unspecified atom stereocenters. The van der Waals surface area contributed by atoms with Crippen LogP contribution in [0.15, 0.2) is 12.7 Å². The van der Waals surface area contributed by atoms with Crippen molar-refractivity contribution in [3.05, 3.63) is 12.7 Å². The van der Waals surface area contributed by atoms with Crippen LogP contribution in [0, 0.1) is 0 Å². The summed E-state index contributed by atoms with van der Waals surface area (Å²) in [5.74, 6) is 0.